The highest BCUT2D eigenvalue weighted by molar-refractivity contribution is 5.78. The molecule has 0 spiro atoms. The molecule has 36 heavy (non-hydrogen) atoms. The lowest BCUT2D eigenvalue weighted by molar-refractivity contribution is -0.192. The molecule has 0 radical (unpaired) electrons. The summed E-state index contributed by atoms with van der Waals surface area (Å²) in [5.74, 6) is 4.88. The number of fused-ring (bicyclic) bond motifs is 1. The summed E-state index contributed by atoms with van der Waals surface area (Å²) in [5.41, 5.74) is 1.25. The van der Waals surface area contributed by atoms with E-state index in [9.17, 15) is 18.0 Å². The summed E-state index contributed by atoms with van der Waals surface area (Å²) in [4.78, 5) is 29.1. The van der Waals surface area contributed by atoms with Crippen molar-refractivity contribution in [2.24, 2.45) is 0 Å². The van der Waals surface area contributed by atoms with E-state index in [-0.39, 0.29) is 5.56 Å². The fourth-order valence-corrected chi connectivity index (χ4v) is 3.53. The number of para-hydroxylation sites is 1. The molecule has 9 nitrogen and oxygen atoms in total. The van der Waals surface area contributed by atoms with Crippen molar-refractivity contribution in [1.29, 1.82) is 0 Å². The van der Waals surface area contributed by atoms with Gasteiger partial charge in [-0.2, -0.15) is 13.2 Å². The molecule has 12 heteroatoms. The quantitative estimate of drug-likeness (QED) is 0.496. The number of halogens is 3. The predicted molar refractivity (Wildman–Crippen MR) is 128 cm³/mol. The molecule has 1 aromatic carbocycles. The zero-order valence-electron chi connectivity index (χ0n) is 19.6. The fraction of sp³-hybridized carbons (Fsp3) is 0.375. The predicted octanol–water partition coefficient (Wildman–Crippen LogP) is 2.34. The normalized spacial score (nSPS) is 13.4. The second-order valence-electron chi connectivity index (χ2n) is 7.67. The van der Waals surface area contributed by atoms with Crippen LogP contribution in [0.2, 0.25) is 0 Å². The highest BCUT2D eigenvalue weighted by Gasteiger charge is 2.38. The van der Waals surface area contributed by atoms with Crippen LogP contribution in [0.5, 0.6) is 5.75 Å². The minimum absolute atomic E-state index is 0.0639. The van der Waals surface area contributed by atoms with Crippen molar-refractivity contribution in [2.75, 3.05) is 37.7 Å². The van der Waals surface area contributed by atoms with E-state index < -0.39 is 12.1 Å². The van der Waals surface area contributed by atoms with Gasteiger partial charge in [0.1, 0.15) is 17.9 Å². The second kappa shape index (κ2) is 12.1. The van der Waals surface area contributed by atoms with Crippen LogP contribution in [0.4, 0.5) is 19.1 Å². The van der Waals surface area contributed by atoms with Crippen LogP contribution in [0, 0.1) is 11.8 Å². The number of benzene rings is 1. The van der Waals surface area contributed by atoms with Crippen LogP contribution in [-0.4, -0.2) is 64.2 Å². The molecular formula is C24H26F3N5O4. The van der Waals surface area contributed by atoms with Gasteiger partial charge in [-0.25, -0.2) is 9.78 Å². The number of hydrogen-bond acceptors (Lipinski definition) is 6. The number of aliphatic carboxylic acids is 1. The number of carbonyl (C=O) groups is 1. The van der Waals surface area contributed by atoms with E-state index in [2.05, 4.69) is 22.1 Å². The number of nitrogens with one attached hydrogen (secondary N) is 1. The maximum atomic E-state index is 13.2. The summed E-state index contributed by atoms with van der Waals surface area (Å²) >= 11 is 0. The van der Waals surface area contributed by atoms with Gasteiger partial charge < -0.3 is 24.6 Å². The number of hydrogen-bond donors (Lipinski definition) is 2. The van der Waals surface area contributed by atoms with E-state index in [1.165, 1.54) is 0 Å². The van der Waals surface area contributed by atoms with Crippen molar-refractivity contribution in [2.45, 2.75) is 26.2 Å². The lowest BCUT2D eigenvalue weighted by atomic mass is 10.3. The van der Waals surface area contributed by atoms with Crippen LogP contribution in [0.1, 0.15) is 6.92 Å². The molecule has 0 atom stereocenters. The number of carboxylic acids is 1. The smallest absolute Gasteiger partial charge is 0.490 e. The third-order valence-electron chi connectivity index (χ3n) is 5.25. The lowest BCUT2D eigenvalue weighted by Gasteiger charge is -2.28. The lowest BCUT2D eigenvalue weighted by Crippen LogP contribution is -2.44. The molecular weight excluding hydrogens is 479 g/mol. The van der Waals surface area contributed by atoms with E-state index in [1.807, 2.05) is 47.9 Å². The number of anilines is 1. The molecule has 0 bridgehead atoms. The molecule has 0 amide bonds. The topological polar surface area (TPSA) is 102 Å². The van der Waals surface area contributed by atoms with Gasteiger partial charge in [0.05, 0.1) is 18.6 Å². The van der Waals surface area contributed by atoms with Gasteiger partial charge in [-0.3, -0.25) is 9.36 Å². The zero-order chi connectivity index (χ0) is 26.1. The van der Waals surface area contributed by atoms with E-state index in [0.717, 1.165) is 37.9 Å². The molecule has 0 aliphatic carbocycles. The Bertz CT molecular complexity index is 1290. The molecule has 4 rings (SSSR count). The number of alkyl halides is 3. The minimum Gasteiger partial charge on any atom is -0.492 e. The Labute approximate surface area is 205 Å². The number of ether oxygens (including phenoxy) is 1. The Balaban J connectivity index is 0.000000454. The van der Waals surface area contributed by atoms with E-state index in [1.54, 1.807) is 10.8 Å². The number of aromatic nitrogens is 3. The summed E-state index contributed by atoms with van der Waals surface area (Å²) in [6, 6.07) is 11.5. The number of piperazine rings is 1. The average Bonchev–Trinajstić information content (AvgIpc) is 3.24. The van der Waals surface area contributed by atoms with Gasteiger partial charge in [-0.05, 0) is 25.1 Å². The first-order valence-electron chi connectivity index (χ1n) is 11.1. The van der Waals surface area contributed by atoms with Crippen LogP contribution >= 0.6 is 0 Å². The largest absolute Gasteiger partial charge is 0.492 e. The second-order valence-corrected chi connectivity index (χ2v) is 7.67. The van der Waals surface area contributed by atoms with E-state index >= 15 is 0 Å². The molecule has 0 unspecified atom stereocenters. The molecule has 192 valence electrons. The van der Waals surface area contributed by atoms with Crippen molar-refractivity contribution < 1.29 is 27.8 Å². The molecule has 2 N–H and O–H groups in total. The Kier molecular flexibility index (Phi) is 8.97. The Morgan fingerprint density at radius 3 is 2.47 bits per heavy atom. The van der Waals surface area contributed by atoms with Gasteiger partial charge in [0, 0.05) is 32.4 Å². The summed E-state index contributed by atoms with van der Waals surface area (Å²) in [5, 5.41) is 10.5. The van der Waals surface area contributed by atoms with Crippen molar-refractivity contribution >= 4 is 23.0 Å². The molecule has 1 fully saturated rings. The molecule has 3 heterocycles. The van der Waals surface area contributed by atoms with E-state index in [0.29, 0.717) is 30.7 Å². The monoisotopic (exact) mass is 505 g/mol. The van der Waals surface area contributed by atoms with Crippen molar-refractivity contribution in [3.05, 3.63) is 52.9 Å². The average molecular weight is 505 g/mol. The summed E-state index contributed by atoms with van der Waals surface area (Å²) in [6.45, 7) is 6.69. The highest BCUT2D eigenvalue weighted by Crippen LogP contribution is 2.21. The van der Waals surface area contributed by atoms with Gasteiger partial charge in [-0.1, -0.05) is 24.1 Å². The summed E-state index contributed by atoms with van der Waals surface area (Å²) in [6.07, 6.45) is -3.29. The first-order chi connectivity index (χ1) is 17.2. The summed E-state index contributed by atoms with van der Waals surface area (Å²) in [7, 11) is 0. The molecule has 3 aromatic rings. The molecule has 1 saturated heterocycles. The maximum absolute atomic E-state index is 13.2. The third-order valence-corrected chi connectivity index (χ3v) is 5.25. The zero-order valence-corrected chi connectivity index (χ0v) is 19.6. The van der Waals surface area contributed by atoms with Crippen molar-refractivity contribution in [1.82, 2.24) is 19.4 Å². The Hall–Kier alpha value is -3.98. The third kappa shape index (κ3) is 6.79. The molecule has 2 aromatic heterocycles. The number of nitrogens with zero attached hydrogens (tertiary/aromatic N) is 4. The molecule has 1 aliphatic heterocycles. The number of rotatable bonds is 6. The van der Waals surface area contributed by atoms with Gasteiger partial charge in [-0.15, -0.1) is 5.92 Å². The SMILES string of the molecule is CC#CCn1c(N2CCNCC2)nc2ccn(CCOc3ccccc3)c(=O)c21.O=C(O)C(F)(F)F. The van der Waals surface area contributed by atoms with Crippen LogP contribution in [0.15, 0.2) is 47.4 Å². The Morgan fingerprint density at radius 1 is 1.19 bits per heavy atom. The number of imidazole rings is 1. The van der Waals surface area contributed by atoms with Crippen molar-refractivity contribution in [3.63, 3.8) is 0 Å². The Morgan fingerprint density at radius 2 is 1.86 bits per heavy atom. The van der Waals surface area contributed by atoms with E-state index in [4.69, 9.17) is 19.6 Å². The summed E-state index contributed by atoms with van der Waals surface area (Å²) < 4.78 is 41.1. The van der Waals surface area contributed by atoms with Gasteiger partial charge in [0.15, 0.2) is 0 Å². The standard InChI is InChI=1S/C22H25N5O2.C2HF3O2/c1-2-3-12-27-20-19(24-22(27)26-14-10-23-11-15-26)9-13-25(21(20)28)16-17-29-18-7-5-4-6-8-18;3-2(4,5)1(6)7/h4-9,13,23H,10-12,14-17H2,1H3;(H,6,7). The molecule has 0 saturated carbocycles. The maximum Gasteiger partial charge on any atom is 0.490 e. The first kappa shape index (κ1) is 26.6. The number of pyridine rings is 1. The molecule has 1 aliphatic rings. The van der Waals surface area contributed by atoms with Gasteiger partial charge in [0.2, 0.25) is 5.95 Å². The fourth-order valence-electron chi connectivity index (χ4n) is 3.53. The number of carboxylic acid groups (broad SMARTS) is 1. The highest BCUT2D eigenvalue weighted by atomic mass is 19.4. The van der Waals surface area contributed by atoms with Gasteiger partial charge >= 0.3 is 12.1 Å². The van der Waals surface area contributed by atoms with Crippen LogP contribution < -0.4 is 20.5 Å². The van der Waals surface area contributed by atoms with Crippen molar-refractivity contribution in [3.8, 4) is 17.6 Å². The van der Waals surface area contributed by atoms with Gasteiger partial charge in [0.25, 0.3) is 5.56 Å². The van der Waals surface area contributed by atoms with Crippen LogP contribution in [0.25, 0.3) is 11.0 Å². The van der Waals surface area contributed by atoms with Crippen LogP contribution in [-0.2, 0) is 17.9 Å². The first-order valence-corrected chi connectivity index (χ1v) is 11.1. The minimum atomic E-state index is -5.08. The van der Waals surface area contributed by atoms with Crippen LogP contribution in [0.3, 0.4) is 0 Å².